The van der Waals surface area contributed by atoms with E-state index in [1.165, 1.54) is 22.6 Å². The molecule has 1 aliphatic heterocycles. The second-order valence-electron chi connectivity index (χ2n) is 1.08. The van der Waals surface area contributed by atoms with Gasteiger partial charge in [0.15, 0.2) is 0 Å². The van der Waals surface area contributed by atoms with Crippen LogP contribution in [0.25, 0.3) is 0 Å². The highest BCUT2D eigenvalue weighted by Gasteiger charge is 2.11. The molecule has 33 valence electrons. The first kappa shape index (κ1) is 5.15. The SMILES string of the molecule is FN1[B]N[B]N[B]1. The maximum atomic E-state index is 11.8. The topological polar surface area (TPSA) is 27.3 Å². The van der Waals surface area contributed by atoms with Gasteiger partial charge in [-0.25, -0.2) is 4.94 Å². The van der Waals surface area contributed by atoms with Crippen molar-refractivity contribution in [1.82, 2.24) is 15.2 Å². The quantitative estimate of drug-likeness (QED) is 0.268. The lowest BCUT2D eigenvalue weighted by atomic mass is 9.84. The third kappa shape index (κ3) is 1.50. The molecule has 0 amide bonds. The van der Waals surface area contributed by atoms with Crippen LogP contribution in [0, 0.1) is 0 Å². The summed E-state index contributed by atoms with van der Waals surface area (Å²) >= 11 is 0. The molecule has 0 spiro atoms. The third-order valence-corrected chi connectivity index (χ3v) is 0.562. The van der Waals surface area contributed by atoms with E-state index in [4.69, 9.17) is 0 Å². The summed E-state index contributed by atoms with van der Waals surface area (Å²) in [6, 6.07) is 0. The van der Waals surface area contributed by atoms with Crippen LogP contribution in [0.2, 0.25) is 0 Å². The van der Waals surface area contributed by atoms with E-state index in [-0.39, 0.29) is 0 Å². The molecule has 2 N–H and O–H groups in total. The van der Waals surface area contributed by atoms with Crippen molar-refractivity contribution in [3.8, 4) is 0 Å². The van der Waals surface area contributed by atoms with E-state index in [0.717, 1.165) is 0 Å². The first-order chi connectivity index (χ1) is 3.39. The predicted octanol–water partition coefficient (Wildman–Crippen LogP) is -2.03. The van der Waals surface area contributed by atoms with Gasteiger partial charge in [0.25, 0.3) is 7.55 Å². The minimum Gasteiger partial charge on any atom is -0.377 e. The summed E-state index contributed by atoms with van der Waals surface area (Å²) in [5.41, 5.74) is 0. The van der Waals surface area contributed by atoms with Gasteiger partial charge in [0.1, 0.15) is 0 Å². The highest BCUT2D eigenvalue weighted by Crippen LogP contribution is 1.77. The average Bonchev–Trinajstić information content (AvgIpc) is 1.69. The maximum Gasteiger partial charge on any atom is 0.320 e. The van der Waals surface area contributed by atoms with Crippen molar-refractivity contribution >= 4 is 22.6 Å². The minimum absolute atomic E-state index is 0.389. The largest absolute Gasteiger partial charge is 0.377 e. The Labute approximate surface area is 43.4 Å². The van der Waals surface area contributed by atoms with Gasteiger partial charge < -0.3 is 10.3 Å². The van der Waals surface area contributed by atoms with Crippen LogP contribution < -0.4 is 10.3 Å². The first-order valence-corrected chi connectivity index (χ1v) is 1.84. The highest BCUT2D eigenvalue weighted by atomic mass is 19.2. The van der Waals surface area contributed by atoms with Crippen molar-refractivity contribution < 1.29 is 4.48 Å². The number of halogens is 1. The Bertz CT molecular complexity index is 52.1. The van der Waals surface area contributed by atoms with E-state index in [2.05, 4.69) is 10.3 Å². The van der Waals surface area contributed by atoms with Gasteiger partial charge in [0, 0.05) is 0 Å². The van der Waals surface area contributed by atoms with Crippen molar-refractivity contribution in [2.75, 3.05) is 0 Å². The van der Waals surface area contributed by atoms with Gasteiger partial charge in [-0.15, -0.1) is 0 Å². The van der Waals surface area contributed by atoms with Crippen LogP contribution in [0.5, 0.6) is 0 Å². The molecule has 0 aliphatic carbocycles. The normalized spacial score (nSPS) is 21.9. The number of rotatable bonds is 0. The Hall–Kier alpha value is 0.00481. The predicted molar refractivity (Wildman–Crippen MR) is 26.5 cm³/mol. The fourth-order valence-corrected chi connectivity index (χ4v) is 0.302. The van der Waals surface area contributed by atoms with Gasteiger partial charge in [-0.1, -0.05) is 0 Å². The zero-order valence-electron chi connectivity index (χ0n) is 3.56. The van der Waals surface area contributed by atoms with Crippen LogP contribution >= 0.6 is 0 Å². The maximum absolute atomic E-state index is 11.8. The van der Waals surface area contributed by atoms with E-state index in [9.17, 15) is 4.48 Å². The summed E-state index contributed by atoms with van der Waals surface area (Å²) in [5.74, 6) is 0. The molecule has 3 nitrogen and oxygen atoms in total. The third-order valence-electron chi connectivity index (χ3n) is 0.562. The fraction of sp³-hybridized carbons (Fsp3) is 0. The summed E-state index contributed by atoms with van der Waals surface area (Å²) in [7, 11) is 3.86. The van der Waals surface area contributed by atoms with Gasteiger partial charge >= 0.3 is 15.1 Å². The monoisotopic (exact) mass is 96.1 g/mol. The van der Waals surface area contributed by atoms with E-state index >= 15 is 0 Å². The zero-order valence-corrected chi connectivity index (χ0v) is 3.56. The summed E-state index contributed by atoms with van der Waals surface area (Å²) in [6.45, 7) is 0. The molecule has 0 saturated carbocycles. The van der Waals surface area contributed by atoms with Gasteiger partial charge in [0.2, 0.25) is 0 Å². The minimum atomic E-state index is 0.389. The molecule has 7 heteroatoms. The Morgan fingerprint density at radius 2 is 1.86 bits per heavy atom. The van der Waals surface area contributed by atoms with Crippen molar-refractivity contribution in [3.05, 3.63) is 0 Å². The molecule has 1 fully saturated rings. The molecule has 1 heterocycles. The number of nitrogens with zero attached hydrogens (tertiary/aromatic N) is 1. The number of nitrogens with one attached hydrogen (secondary N) is 2. The van der Waals surface area contributed by atoms with Crippen LogP contribution in [0.1, 0.15) is 0 Å². The van der Waals surface area contributed by atoms with E-state index in [0.29, 0.717) is 4.94 Å². The van der Waals surface area contributed by atoms with Crippen LogP contribution in [0.4, 0.5) is 4.48 Å². The molecule has 0 aromatic carbocycles. The summed E-state index contributed by atoms with van der Waals surface area (Å²) in [6.07, 6.45) is 0. The van der Waals surface area contributed by atoms with Crippen LogP contribution in [-0.2, 0) is 0 Å². The molecule has 3 radical (unpaired) electrons. The second-order valence-corrected chi connectivity index (χ2v) is 1.08. The zero-order chi connectivity index (χ0) is 5.11. The van der Waals surface area contributed by atoms with Gasteiger partial charge in [-0.3, -0.25) is 0 Å². The lowest BCUT2D eigenvalue weighted by Gasteiger charge is -2.14. The van der Waals surface area contributed by atoms with Crippen LogP contribution in [0.15, 0.2) is 0 Å². The number of hydrogen-bond acceptors (Lipinski definition) is 3. The standard InChI is InChI=1S/B3FH2N3/c4-7-2-5-1-6-3-7/h5-6H. The van der Waals surface area contributed by atoms with Crippen LogP contribution in [0.3, 0.4) is 0 Å². The molecule has 0 atom stereocenters. The molecule has 1 saturated heterocycles. The summed E-state index contributed by atoms with van der Waals surface area (Å²) in [5, 5.41) is 4.99. The Kier molecular flexibility index (Phi) is 1.73. The van der Waals surface area contributed by atoms with E-state index < -0.39 is 0 Å². The highest BCUT2D eigenvalue weighted by molar-refractivity contribution is 6.64. The average molecular weight is 95.5 g/mol. The lowest BCUT2D eigenvalue weighted by Crippen LogP contribution is -2.54. The fourth-order valence-electron chi connectivity index (χ4n) is 0.302. The smallest absolute Gasteiger partial charge is 0.320 e. The molecule has 1 rings (SSSR count). The molecule has 0 unspecified atom stereocenters. The molecule has 0 bridgehead atoms. The molecular formula is H2B3FN3. The first-order valence-electron chi connectivity index (χ1n) is 1.84. The Morgan fingerprint density at radius 3 is 2.14 bits per heavy atom. The molecule has 1 aliphatic rings. The second kappa shape index (κ2) is 2.35. The van der Waals surface area contributed by atoms with E-state index in [1.807, 2.05) is 0 Å². The summed E-state index contributed by atoms with van der Waals surface area (Å²) in [4.78, 5) is 0.389. The molecule has 0 aromatic heterocycles. The molecule has 0 aromatic rings. The van der Waals surface area contributed by atoms with Crippen molar-refractivity contribution in [3.63, 3.8) is 0 Å². The van der Waals surface area contributed by atoms with Crippen molar-refractivity contribution in [2.45, 2.75) is 0 Å². The van der Waals surface area contributed by atoms with Gasteiger partial charge in [-0.2, -0.15) is 4.48 Å². The van der Waals surface area contributed by atoms with Gasteiger partial charge in [-0.05, 0) is 0 Å². The Balaban J connectivity index is 2.12. The molecular weight excluding hydrogens is 93.5 g/mol. The number of hydrogen-bond donors (Lipinski definition) is 2. The van der Waals surface area contributed by atoms with Crippen molar-refractivity contribution in [2.24, 2.45) is 0 Å². The van der Waals surface area contributed by atoms with Crippen molar-refractivity contribution in [1.29, 1.82) is 0 Å². The summed E-state index contributed by atoms with van der Waals surface area (Å²) < 4.78 is 11.8. The van der Waals surface area contributed by atoms with Gasteiger partial charge in [0.05, 0.1) is 0 Å². The van der Waals surface area contributed by atoms with E-state index in [1.54, 1.807) is 0 Å². The van der Waals surface area contributed by atoms with Crippen LogP contribution in [-0.4, -0.2) is 27.6 Å². The molecule has 7 heavy (non-hydrogen) atoms. The lowest BCUT2D eigenvalue weighted by molar-refractivity contribution is 0.255. The Morgan fingerprint density at radius 1 is 1.29 bits per heavy atom.